The number of piperazine rings is 1. The number of carbonyl (C=O) groups excluding carboxylic acids is 2. The van der Waals surface area contributed by atoms with E-state index >= 15 is 0 Å². The van der Waals surface area contributed by atoms with Crippen LogP contribution in [0.1, 0.15) is 12.0 Å². The van der Waals surface area contributed by atoms with Gasteiger partial charge in [0.05, 0.1) is 6.04 Å². The van der Waals surface area contributed by atoms with Crippen LogP contribution in [0.15, 0.2) is 24.3 Å². The van der Waals surface area contributed by atoms with E-state index in [9.17, 15) is 9.59 Å². The van der Waals surface area contributed by atoms with E-state index in [1.165, 1.54) is 0 Å². The standard InChI is InChI=1S/C15H20N4O2/c16-12-3-1-2-11(8-12)4-5-14(20)18-6-7-19-13(10-18)9-17-15(19)21/h1-3,8,13H,4-7,9-10,16H2,(H,17,21). The van der Waals surface area contributed by atoms with Gasteiger partial charge in [0.15, 0.2) is 0 Å². The van der Waals surface area contributed by atoms with Gasteiger partial charge in [-0.2, -0.15) is 0 Å². The molecule has 0 radical (unpaired) electrons. The maximum Gasteiger partial charge on any atom is 0.317 e. The quantitative estimate of drug-likeness (QED) is 0.792. The van der Waals surface area contributed by atoms with E-state index in [4.69, 9.17) is 5.73 Å². The number of nitrogen functional groups attached to an aromatic ring is 1. The molecular weight excluding hydrogens is 268 g/mol. The summed E-state index contributed by atoms with van der Waals surface area (Å²) in [5, 5.41) is 2.82. The van der Waals surface area contributed by atoms with E-state index in [1.54, 1.807) is 0 Å². The Balaban J connectivity index is 1.53. The number of anilines is 1. The Morgan fingerprint density at radius 2 is 2.24 bits per heavy atom. The summed E-state index contributed by atoms with van der Waals surface area (Å²) >= 11 is 0. The second kappa shape index (κ2) is 5.63. The topological polar surface area (TPSA) is 78.7 Å². The number of aryl methyl sites for hydroxylation is 1. The summed E-state index contributed by atoms with van der Waals surface area (Å²) in [6.07, 6.45) is 1.18. The summed E-state index contributed by atoms with van der Waals surface area (Å²) in [7, 11) is 0. The van der Waals surface area contributed by atoms with Gasteiger partial charge in [-0.1, -0.05) is 12.1 Å². The minimum absolute atomic E-state index is 0.00754. The molecule has 6 nitrogen and oxygen atoms in total. The summed E-state index contributed by atoms with van der Waals surface area (Å²) in [5.74, 6) is 0.149. The molecule has 112 valence electrons. The predicted octanol–water partition coefficient (Wildman–Crippen LogP) is 0.437. The zero-order chi connectivity index (χ0) is 14.8. The van der Waals surface area contributed by atoms with Gasteiger partial charge >= 0.3 is 6.03 Å². The summed E-state index contributed by atoms with van der Waals surface area (Å²) < 4.78 is 0. The van der Waals surface area contributed by atoms with Crippen molar-refractivity contribution in [3.63, 3.8) is 0 Å². The number of hydrogen-bond acceptors (Lipinski definition) is 3. The van der Waals surface area contributed by atoms with Crippen molar-refractivity contribution < 1.29 is 9.59 Å². The van der Waals surface area contributed by atoms with Crippen molar-refractivity contribution in [3.8, 4) is 0 Å². The molecule has 2 aliphatic heterocycles. The Morgan fingerprint density at radius 1 is 1.38 bits per heavy atom. The Morgan fingerprint density at radius 3 is 3.05 bits per heavy atom. The molecule has 3 N–H and O–H groups in total. The van der Waals surface area contributed by atoms with Gasteiger partial charge in [-0.05, 0) is 24.1 Å². The van der Waals surface area contributed by atoms with Crippen LogP contribution >= 0.6 is 0 Å². The van der Waals surface area contributed by atoms with Crippen LogP contribution in [-0.2, 0) is 11.2 Å². The molecular formula is C15H20N4O2. The van der Waals surface area contributed by atoms with E-state index in [0.29, 0.717) is 39.0 Å². The van der Waals surface area contributed by atoms with Gasteiger partial charge in [-0.25, -0.2) is 4.79 Å². The summed E-state index contributed by atoms with van der Waals surface area (Å²) in [6, 6.07) is 7.76. The molecule has 0 bridgehead atoms. The summed E-state index contributed by atoms with van der Waals surface area (Å²) in [5.41, 5.74) is 7.55. The lowest BCUT2D eigenvalue weighted by atomic mass is 10.1. The summed E-state index contributed by atoms with van der Waals surface area (Å²) in [6.45, 7) is 2.52. The maximum atomic E-state index is 12.3. The first-order valence-electron chi connectivity index (χ1n) is 7.30. The first-order chi connectivity index (χ1) is 10.1. The number of nitrogens with two attached hydrogens (primary N) is 1. The predicted molar refractivity (Wildman–Crippen MR) is 79.6 cm³/mol. The minimum atomic E-state index is -0.00754. The lowest BCUT2D eigenvalue weighted by Crippen LogP contribution is -2.53. The van der Waals surface area contributed by atoms with Gasteiger partial charge in [0, 0.05) is 38.3 Å². The van der Waals surface area contributed by atoms with Gasteiger partial charge in [0.25, 0.3) is 0 Å². The first-order valence-corrected chi connectivity index (χ1v) is 7.30. The molecule has 0 aromatic heterocycles. The van der Waals surface area contributed by atoms with Gasteiger partial charge < -0.3 is 20.9 Å². The molecule has 0 saturated carbocycles. The molecule has 3 rings (SSSR count). The monoisotopic (exact) mass is 288 g/mol. The molecule has 6 heteroatoms. The van der Waals surface area contributed by atoms with Gasteiger partial charge in [0.1, 0.15) is 0 Å². The third-order valence-corrected chi connectivity index (χ3v) is 4.16. The molecule has 1 aromatic carbocycles. The van der Waals surface area contributed by atoms with Gasteiger partial charge in [-0.15, -0.1) is 0 Å². The first kappa shape index (κ1) is 13.7. The third kappa shape index (κ3) is 2.94. The molecule has 0 aliphatic carbocycles. The molecule has 2 saturated heterocycles. The largest absolute Gasteiger partial charge is 0.399 e. The van der Waals surface area contributed by atoms with E-state index in [-0.39, 0.29) is 18.0 Å². The van der Waals surface area contributed by atoms with Gasteiger partial charge in [-0.3, -0.25) is 4.79 Å². The Kier molecular flexibility index (Phi) is 3.68. The fourth-order valence-corrected chi connectivity index (χ4v) is 2.99. The highest BCUT2D eigenvalue weighted by Crippen LogP contribution is 2.16. The molecule has 2 aliphatic rings. The van der Waals surface area contributed by atoms with E-state index in [1.807, 2.05) is 34.1 Å². The number of fused-ring (bicyclic) bond motifs is 1. The van der Waals surface area contributed by atoms with Gasteiger partial charge in [0.2, 0.25) is 5.91 Å². The number of benzene rings is 1. The molecule has 3 amide bonds. The van der Waals surface area contributed by atoms with Crippen molar-refractivity contribution in [2.75, 3.05) is 31.9 Å². The molecule has 0 spiro atoms. The van der Waals surface area contributed by atoms with Crippen molar-refractivity contribution in [3.05, 3.63) is 29.8 Å². The Hall–Kier alpha value is -2.24. The number of rotatable bonds is 3. The molecule has 2 heterocycles. The Bertz CT molecular complexity index is 560. The number of amides is 3. The number of urea groups is 1. The van der Waals surface area contributed by atoms with Crippen LogP contribution in [0, 0.1) is 0 Å². The van der Waals surface area contributed by atoms with Crippen molar-refractivity contribution >= 4 is 17.6 Å². The fourth-order valence-electron chi connectivity index (χ4n) is 2.99. The van der Waals surface area contributed by atoms with Crippen molar-refractivity contribution in [2.45, 2.75) is 18.9 Å². The van der Waals surface area contributed by atoms with Crippen LogP contribution in [0.4, 0.5) is 10.5 Å². The molecule has 1 aromatic rings. The highest BCUT2D eigenvalue weighted by Gasteiger charge is 2.36. The second-order valence-corrected chi connectivity index (χ2v) is 5.62. The Labute approximate surface area is 123 Å². The number of nitrogens with zero attached hydrogens (tertiary/aromatic N) is 2. The molecule has 1 atom stereocenters. The maximum absolute atomic E-state index is 12.3. The van der Waals surface area contributed by atoms with Crippen LogP contribution in [-0.4, -0.2) is 54.0 Å². The van der Waals surface area contributed by atoms with Crippen LogP contribution in [0.5, 0.6) is 0 Å². The molecule has 2 fully saturated rings. The van der Waals surface area contributed by atoms with Crippen LogP contribution in [0.3, 0.4) is 0 Å². The average molecular weight is 288 g/mol. The number of hydrogen-bond donors (Lipinski definition) is 2. The van der Waals surface area contributed by atoms with E-state index in [0.717, 1.165) is 11.3 Å². The average Bonchev–Trinajstić information content (AvgIpc) is 2.86. The molecule has 21 heavy (non-hydrogen) atoms. The lowest BCUT2D eigenvalue weighted by Gasteiger charge is -2.36. The third-order valence-electron chi connectivity index (χ3n) is 4.16. The van der Waals surface area contributed by atoms with Crippen molar-refractivity contribution in [1.29, 1.82) is 0 Å². The highest BCUT2D eigenvalue weighted by molar-refractivity contribution is 5.79. The minimum Gasteiger partial charge on any atom is -0.399 e. The van der Waals surface area contributed by atoms with Crippen molar-refractivity contribution in [2.24, 2.45) is 0 Å². The normalized spacial score (nSPS) is 21.1. The van der Waals surface area contributed by atoms with E-state index in [2.05, 4.69) is 5.32 Å². The number of nitrogens with one attached hydrogen (secondary N) is 1. The van der Waals surface area contributed by atoms with E-state index < -0.39 is 0 Å². The molecule has 1 unspecified atom stereocenters. The van der Waals surface area contributed by atoms with Crippen LogP contribution < -0.4 is 11.1 Å². The zero-order valence-corrected chi connectivity index (χ0v) is 11.9. The second-order valence-electron chi connectivity index (χ2n) is 5.62. The zero-order valence-electron chi connectivity index (χ0n) is 11.9. The SMILES string of the molecule is Nc1cccc(CCC(=O)N2CCN3C(=O)NCC3C2)c1. The van der Waals surface area contributed by atoms with Crippen molar-refractivity contribution in [1.82, 2.24) is 15.1 Å². The smallest absolute Gasteiger partial charge is 0.317 e. The summed E-state index contributed by atoms with van der Waals surface area (Å²) in [4.78, 5) is 27.5. The number of carbonyl (C=O) groups is 2. The highest BCUT2D eigenvalue weighted by atomic mass is 16.2. The fraction of sp³-hybridized carbons (Fsp3) is 0.467. The van der Waals surface area contributed by atoms with Crippen LogP contribution in [0.2, 0.25) is 0 Å². The van der Waals surface area contributed by atoms with Crippen LogP contribution in [0.25, 0.3) is 0 Å². The lowest BCUT2D eigenvalue weighted by molar-refractivity contribution is -0.133.